The number of aliphatic carboxylic acids is 1. The van der Waals surface area contributed by atoms with Crippen LogP contribution in [0.15, 0.2) is 0 Å². The van der Waals surface area contributed by atoms with Crippen LogP contribution in [0.25, 0.3) is 0 Å². The number of amides is 1. The van der Waals surface area contributed by atoms with Crippen molar-refractivity contribution in [1.82, 2.24) is 5.32 Å². The molecule has 0 aromatic carbocycles. The van der Waals surface area contributed by atoms with Gasteiger partial charge < -0.3 is 19.9 Å². The molecule has 0 spiro atoms. The highest BCUT2D eigenvalue weighted by Gasteiger charge is 2.23. The molecule has 0 unspecified atom stereocenters. The zero-order chi connectivity index (χ0) is 12.1. The van der Waals surface area contributed by atoms with Gasteiger partial charge in [0.05, 0.1) is 6.61 Å². The first kappa shape index (κ1) is 13.7. The number of carbonyl (C=O) groups is 2. The lowest BCUT2D eigenvalue weighted by Crippen LogP contribution is -2.45. The molecule has 0 bridgehead atoms. The summed E-state index contributed by atoms with van der Waals surface area (Å²) in [6.45, 7) is 4.98. The summed E-state index contributed by atoms with van der Waals surface area (Å²) in [6, 6.07) is -1.09. The fraction of sp³-hybridized carbons (Fsp3) is 0.778. The Morgan fingerprint density at radius 2 is 1.93 bits per heavy atom. The van der Waals surface area contributed by atoms with Crippen molar-refractivity contribution in [3.05, 3.63) is 0 Å². The second-order valence-electron chi connectivity index (χ2n) is 3.99. The topological polar surface area (TPSA) is 84.9 Å². The molecule has 0 fully saturated rings. The van der Waals surface area contributed by atoms with Crippen LogP contribution in [0.4, 0.5) is 4.79 Å². The van der Waals surface area contributed by atoms with Crippen molar-refractivity contribution in [2.45, 2.75) is 32.4 Å². The molecule has 2 N–H and O–H groups in total. The molecular formula is C9H17NO5. The molecule has 15 heavy (non-hydrogen) atoms. The van der Waals surface area contributed by atoms with Crippen LogP contribution in [0.1, 0.15) is 20.8 Å². The molecular weight excluding hydrogens is 202 g/mol. The molecule has 0 saturated heterocycles. The van der Waals surface area contributed by atoms with E-state index >= 15 is 0 Å². The second-order valence-corrected chi connectivity index (χ2v) is 3.99. The number of hydrogen-bond donors (Lipinski definition) is 2. The minimum Gasteiger partial charge on any atom is -0.480 e. The van der Waals surface area contributed by atoms with Gasteiger partial charge in [-0.1, -0.05) is 0 Å². The molecule has 0 heterocycles. The quantitative estimate of drug-likeness (QED) is 0.723. The van der Waals surface area contributed by atoms with E-state index in [-0.39, 0.29) is 6.61 Å². The van der Waals surface area contributed by atoms with E-state index in [1.807, 2.05) is 0 Å². The first-order valence-electron chi connectivity index (χ1n) is 4.47. The van der Waals surface area contributed by atoms with Gasteiger partial charge in [-0.2, -0.15) is 0 Å². The summed E-state index contributed by atoms with van der Waals surface area (Å²) in [4.78, 5) is 21.8. The Labute approximate surface area is 88.6 Å². The maximum absolute atomic E-state index is 11.2. The molecule has 1 atom stereocenters. The lowest BCUT2D eigenvalue weighted by atomic mass is 10.2. The van der Waals surface area contributed by atoms with Crippen LogP contribution in [0, 0.1) is 0 Å². The van der Waals surface area contributed by atoms with Gasteiger partial charge in [-0.15, -0.1) is 0 Å². The summed E-state index contributed by atoms with van der Waals surface area (Å²) in [7, 11) is 1.35. The van der Waals surface area contributed by atoms with Gasteiger partial charge in [0.1, 0.15) is 5.60 Å². The molecule has 0 rings (SSSR count). The summed E-state index contributed by atoms with van der Waals surface area (Å²) in [5.74, 6) is -1.16. The van der Waals surface area contributed by atoms with Crippen LogP contribution in [0.3, 0.4) is 0 Å². The minimum absolute atomic E-state index is 0.103. The monoisotopic (exact) mass is 219 g/mol. The van der Waals surface area contributed by atoms with E-state index in [1.165, 1.54) is 7.11 Å². The molecule has 1 amide bonds. The molecule has 0 aromatic heterocycles. The van der Waals surface area contributed by atoms with Gasteiger partial charge in [0, 0.05) is 7.11 Å². The highest BCUT2D eigenvalue weighted by atomic mass is 16.6. The van der Waals surface area contributed by atoms with Gasteiger partial charge in [-0.3, -0.25) is 0 Å². The third kappa shape index (κ3) is 6.73. The van der Waals surface area contributed by atoms with E-state index in [4.69, 9.17) is 9.84 Å². The standard InChI is InChI=1S/C9H17NO5/c1-9(2,3)15-8(13)10-6(5-14-4)7(11)12/h6H,5H2,1-4H3,(H,10,13)(H,11,12)/t6-/m1/s1. The fourth-order valence-electron chi connectivity index (χ4n) is 0.791. The minimum atomic E-state index is -1.16. The van der Waals surface area contributed by atoms with Crippen molar-refractivity contribution in [2.75, 3.05) is 13.7 Å². The first-order valence-corrected chi connectivity index (χ1v) is 4.47. The number of rotatable bonds is 4. The van der Waals surface area contributed by atoms with E-state index in [9.17, 15) is 9.59 Å². The molecule has 0 aliphatic heterocycles. The van der Waals surface area contributed by atoms with Crippen molar-refractivity contribution in [3.8, 4) is 0 Å². The number of nitrogens with one attached hydrogen (secondary N) is 1. The molecule has 0 radical (unpaired) electrons. The molecule has 0 aliphatic rings. The number of carboxylic acid groups (broad SMARTS) is 1. The van der Waals surface area contributed by atoms with E-state index in [1.54, 1.807) is 20.8 Å². The Balaban J connectivity index is 4.18. The van der Waals surface area contributed by atoms with Crippen LogP contribution >= 0.6 is 0 Å². The number of ether oxygens (including phenoxy) is 2. The molecule has 88 valence electrons. The largest absolute Gasteiger partial charge is 0.480 e. The normalized spacial score (nSPS) is 13.1. The fourth-order valence-corrected chi connectivity index (χ4v) is 0.791. The van der Waals surface area contributed by atoms with Crippen molar-refractivity contribution in [1.29, 1.82) is 0 Å². The number of alkyl carbamates (subject to hydrolysis) is 1. The smallest absolute Gasteiger partial charge is 0.408 e. The Bertz CT molecular complexity index is 233. The summed E-state index contributed by atoms with van der Waals surface area (Å²) >= 11 is 0. The third-order valence-corrected chi connectivity index (χ3v) is 1.32. The SMILES string of the molecule is COC[C@@H](NC(=O)OC(C)(C)C)C(=O)O. The zero-order valence-corrected chi connectivity index (χ0v) is 9.36. The van der Waals surface area contributed by atoms with Crippen LogP contribution in [0.5, 0.6) is 0 Å². The molecule has 0 saturated carbocycles. The highest BCUT2D eigenvalue weighted by Crippen LogP contribution is 2.06. The first-order chi connectivity index (χ1) is 6.76. The van der Waals surface area contributed by atoms with E-state index < -0.39 is 23.7 Å². The Morgan fingerprint density at radius 3 is 2.27 bits per heavy atom. The average Bonchev–Trinajstić information content (AvgIpc) is 1.99. The van der Waals surface area contributed by atoms with Gasteiger partial charge in [-0.25, -0.2) is 9.59 Å². The summed E-state index contributed by atoms with van der Waals surface area (Å²) in [5, 5.41) is 10.9. The van der Waals surface area contributed by atoms with Crippen LogP contribution in [-0.2, 0) is 14.3 Å². The van der Waals surface area contributed by atoms with E-state index in [2.05, 4.69) is 10.1 Å². The van der Waals surface area contributed by atoms with E-state index in [0.717, 1.165) is 0 Å². The maximum Gasteiger partial charge on any atom is 0.408 e. The average molecular weight is 219 g/mol. The Kier molecular flexibility index (Phi) is 5.07. The van der Waals surface area contributed by atoms with Gasteiger partial charge in [-0.05, 0) is 20.8 Å². The van der Waals surface area contributed by atoms with Crippen molar-refractivity contribution in [2.24, 2.45) is 0 Å². The summed E-state index contributed by atoms with van der Waals surface area (Å²) in [6.07, 6.45) is -0.771. The summed E-state index contributed by atoms with van der Waals surface area (Å²) in [5.41, 5.74) is -0.653. The van der Waals surface area contributed by atoms with Crippen molar-refractivity contribution in [3.63, 3.8) is 0 Å². The lowest BCUT2D eigenvalue weighted by molar-refractivity contribution is -0.140. The molecule has 6 nitrogen and oxygen atoms in total. The predicted octanol–water partition coefficient (Wildman–Crippen LogP) is 0.611. The Hall–Kier alpha value is -1.30. The highest BCUT2D eigenvalue weighted by molar-refractivity contribution is 5.80. The predicted molar refractivity (Wildman–Crippen MR) is 52.7 cm³/mol. The van der Waals surface area contributed by atoms with Crippen molar-refractivity contribution < 1.29 is 24.2 Å². The third-order valence-electron chi connectivity index (χ3n) is 1.32. The second kappa shape index (κ2) is 5.55. The van der Waals surface area contributed by atoms with Crippen molar-refractivity contribution >= 4 is 12.1 Å². The molecule has 0 aromatic rings. The Morgan fingerprint density at radius 1 is 1.40 bits per heavy atom. The van der Waals surface area contributed by atoms with Crippen LogP contribution < -0.4 is 5.32 Å². The zero-order valence-electron chi connectivity index (χ0n) is 9.36. The summed E-state index contributed by atoms with van der Waals surface area (Å²) < 4.78 is 9.54. The molecule has 0 aliphatic carbocycles. The number of methoxy groups -OCH3 is 1. The maximum atomic E-state index is 11.2. The number of carbonyl (C=O) groups excluding carboxylic acids is 1. The lowest BCUT2D eigenvalue weighted by Gasteiger charge is -2.21. The van der Waals surface area contributed by atoms with Crippen LogP contribution in [-0.4, -0.2) is 42.5 Å². The molecule has 6 heteroatoms. The van der Waals surface area contributed by atoms with Gasteiger partial charge in [0.2, 0.25) is 0 Å². The number of hydrogen-bond acceptors (Lipinski definition) is 4. The van der Waals surface area contributed by atoms with E-state index in [0.29, 0.717) is 0 Å². The van der Waals surface area contributed by atoms with Crippen LogP contribution in [0.2, 0.25) is 0 Å². The van der Waals surface area contributed by atoms with Gasteiger partial charge >= 0.3 is 12.1 Å². The number of carboxylic acids is 1. The van der Waals surface area contributed by atoms with Gasteiger partial charge in [0.25, 0.3) is 0 Å². The van der Waals surface area contributed by atoms with Gasteiger partial charge in [0.15, 0.2) is 6.04 Å².